The van der Waals surface area contributed by atoms with E-state index in [4.69, 9.17) is 4.74 Å². The van der Waals surface area contributed by atoms with E-state index in [2.05, 4.69) is 13.0 Å². The second-order valence-corrected chi connectivity index (χ2v) is 3.55. The molecule has 1 heteroatoms. The van der Waals surface area contributed by atoms with Crippen LogP contribution in [0.25, 0.3) is 0 Å². The Morgan fingerprint density at radius 3 is 2.70 bits per heavy atom. The van der Waals surface area contributed by atoms with Crippen molar-refractivity contribution in [3.05, 3.63) is 11.6 Å². The van der Waals surface area contributed by atoms with E-state index < -0.39 is 0 Å². The first-order valence-electron chi connectivity index (χ1n) is 4.08. The fourth-order valence-electron chi connectivity index (χ4n) is 1.89. The summed E-state index contributed by atoms with van der Waals surface area (Å²) in [6, 6.07) is 0. The van der Waals surface area contributed by atoms with Gasteiger partial charge in [0, 0.05) is 5.41 Å². The van der Waals surface area contributed by atoms with Gasteiger partial charge in [-0.3, -0.25) is 0 Å². The van der Waals surface area contributed by atoms with Gasteiger partial charge in [0.1, 0.15) is 0 Å². The van der Waals surface area contributed by atoms with E-state index in [0.717, 1.165) is 13.2 Å². The predicted molar refractivity (Wildman–Crippen MR) is 40.9 cm³/mol. The molecule has 1 aliphatic carbocycles. The fourth-order valence-corrected chi connectivity index (χ4v) is 1.89. The summed E-state index contributed by atoms with van der Waals surface area (Å²) in [7, 11) is 0. The maximum atomic E-state index is 5.25. The van der Waals surface area contributed by atoms with Gasteiger partial charge in [-0.15, -0.1) is 0 Å². The number of ether oxygens (including phenoxy) is 1. The Labute approximate surface area is 62.1 Å². The topological polar surface area (TPSA) is 9.23 Å². The van der Waals surface area contributed by atoms with E-state index in [1.54, 1.807) is 5.57 Å². The molecule has 1 nitrogen and oxygen atoms in total. The first kappa shape index (κ1) is 6.41. The van der Waals surface area contributed by atoms with Gasteiger partial charge in [0.05, 0.1) is 13.2 Å². The Morgan fingerprint density at radius 1 is 1.50 bits per heavy atom. The number of hydrogen-bond donors (Lipinski definition) is 0. The van der Waals surface area contributed by atoms with Gasteiger partial charge in [-0.05, 0) is 26.2 Å². The van der Waals surface area contributed by atoms with Gasteiger partial charge in [-0.1, -0.05) is 11.6 Å². The fraction of sp³-hybridized carbons (Fsp3) is 0.778. The first-order chi connectivity index (χ1) is 4.83. The zero-order valence-corrected chi connectivity index (χ0v) is 6.52. The van der Waals surface area contributed by atoms with Crippen LogP contribution >= 0.6 is 0 Å². The van der Waals surface area contributed by atoms with Crippen LogP contribution in [0.5, 0.6) is 0 Å². The lowest BCUT2D eigenvalue weighted by atomic mass is 9.72. The van der Waals surface area contributed by atoms with E-state index in [1.807, 2.05) is 0 Å². The van der Waals surface area contributed by atoms with Crippen LogP contribution in [-0.2, 0) is 4.74 Å². The molecule has 0 aromatic heterocycles. The number of rotatable bonds is 0. The van der Waals surface area contributed by atoms with Gasteiger partial charge < -0.3 is 4.74 Å². The van der Waals surface area contributed by atoms with Crippen LogP contribution in [0.1, 0.15) is 26.2 Å². The molecule has 2 aliphatic rings. The minimum absolute atomic E-state index is 0.498. The molecule has 0 saturated carbocycles. The van der Waals surface area contributed by atoms with E-state index in [0.29, 0.717) is 5.41 Å². The largest absolute Gasteiger partial charge is 0.379 e. The smallest absolute Gasteiger partial charge is 0.0582 e. The Balaban J connectivity index is 2.19. The van der Waals surface area contributed by atoms with Crippen LogP contribution in [-0.4, -0.2) is 13.2 Å². The summed E-state index contributed by atoms with van der Waals surface area (Å²) < 4.78 is 5.25. The van der Waals surface area contributed by atoms with Crippen molar-refractivity contribution in [1.29, 1.82) is 0 Å². The van der Waals surface area contributed by atoms with Gasteiger partial charge >= 0.3 is 0 Å². The monoisotopic (exact) mass is 138 g/mol. The second kappa shape index (κ2) is 2.09. The molecule has 2 rings (SSSR count). The molecule has 0 atom stereocenters. The maximum Gasteiger partial charge on any atom is 0.0582 e. The van der Waals surface area contributed by atoms with Crippen LogP contribution in [0, 0.1) is 5.41 Å². The molecule has 0 unspecified atom stereocenters. The lowest BCUT2D eigenvalue weighted by Crippen LogP contribution is -2.44. The zero-order valence-electron chi connectivity index (χ0n) is 6.52. The SMILES string of the molecule is CC1=CCCCC12COC2. The lowest BCUT2D eigenvalue weighted by Gasteiger charge is -2.44. The summed E-state index contributed by atoms with van der Waals surface area (Å²) in [6.45, 7) is 4.21. The van der Waals surface area contributed by atoms with Crippen molar-refractivity contribution in [2.24, 2.45) is 5.41 Å². The van der Waals surface area contributed by atoms with Crippen molar-refractivity contribution in [2.75, 3.05) is 13.2 Å². The highest BCUT2D eigenvalue weighted by atomic mass is 16.5. The summed E-state index contributed by atoms with van der Waals surface area (Å²) in [5.74, 6) is 0. The molecule has 10 heavy (non-hydrogen) atoms. The Kier molecular flexibility index (Phi) is 1.34. The molecule has 1 fully saturated rings. The molecule has 0 bridgehead atoms. The Morgan fingerprint density at radius 2 is 2.30 bits per heavy atom. The third kappa shape index (κ3) is 0.734. The third-order valence-electron chi connectivity index (χ3n) is 2.90. The molecular formula is C9H14O. The van der Waals surface area contributed by atoms with E-state index in [-0.39, 0.29) is 0 Å². The minimum Gasteiger partial charge on any atom is -0.379 e. The first-order valence-corrected chi connectivity index (χ1v) is 4.08. The van der Waals surface area contributed by atoms with E-state index in [9.17, 15) is 0 Å². The highest BCUT2D eigenvalue weighted by Gasteiger charge is 2.40. The lowest BCUT2D eigenvalue weighted by molar-refractivity contribution is -0.0964. The highest BCUT2D eigenvalue weighted by molar-refractivity contribution is 5.18. The van der Waals surface area contributed by atoms with Crippen LogP contribution in [0.3, 0.4) is 0 Å². The van der Waals surface area contributed by atoms with Crippen LogP contribution < -0.4 is 0 Å². The molecule has 56 valence electrons. The van der Waals surface area contributed by atoms with Crippen LogP contribution in [0.4, 0.5) is 0 Å². The average Bonchev–Trinajstić information content (AvgIpc) is 1.85. The van der Waals surface area contributed by atoms with Gasteiger partial charge in [-0.2, -0.15) is 0 Å². The third-order valence-corrected chi connectivity index (χ3v) is 2.90. The molecule has 0 aromatic rings. The summed E-state index contributed by atoms with van der Waals surface area (Å²) in [5.41, 5.74) is 2.07. The molecule has 0 amide bonds. The van der Waals surface area contributed by atoms with Gasteiger partial charge in [0.15, 0.2) is 0 Å². The Bertz CT molecular complexity index is 166. The molecular weight excluding hydrogens is 124 g/mol. The van der Waals surface area contributed by atoms with Gasteiger partial charge in [-0.25, -0.2) is 0 Å². The van der Waals surface area contributed by atoms with Crippen molar-refractivity contribution in [2.45, 2.75) is 26.2 Å². The Hall–Kier alpha value is -0.300. The molecule has 1 heterocycles. The van der Waals surface area contributed by atoms with Crippen molar-refractivity contribution in [1.82, 2.24) is 0 Å². The zero-order chi connectivity index (χ0) is 7.03. The molecule has 1 spiro atoms. The van der Waals surface area contributed by atoms with Crippen LogP contribution in [0.15, 0.2) is 11.6 Å². The van der Waals surface area contributed by atoms with Gasteiger partial charge in [0.2, 0.25) is 0 Å². The molecule has 1 aliphatic heterocycles. The molecule has 0 radical (unpaired) electrons. The maximum absolute atomic E-state index is 5.25. The normalized spacial score (nSPS) is 29.5. The molecule has 0 aromatic carbocycles. The summed E-state index contributed by atoms with van der Waals surface area (Å²) >= 11 is 0. The highest BCUT2D eigenvalue weighted by Crippen LogP contribution is 2.43. The average molecular weight is 138 g/mol. The van der Waals surface area contributed by atoms with Crippen LogP contribution in [0.2, 0.25) is 0 Å². The number of hydrogen-bond acceptors (Lipinski definition) is 1. The predicted octanol–water partition coefficient (Wildman–Crippen LogP) is 2.13. The molecule has 0 N–H and O–H groups in total. The van der Waals surface area contributed by atoms with E-state index in [1.165, 1.54) is 19.3 Å². The standard InChI is InChI=1S/C9H14O/c1-8-4-2-3-5-9(8)6-10-7-9/h4H,2-3,5-7H2,1H3. The molecule has 1 saturated heterocycles. The van der Waals surface area contributed by atoms with Crippen molar-refractivity contribution >= 4 is 0 Å². The van der Waals surface area contributed by atoms with Crippen molar-refractivity contribution in [3.63, 3.8) is 0 Å². The second-order valence-electron chi connectivity index (χ2n) is 3.55. The minimum atomic E-state index is 0.498. The van der Waals surface area contributed by atoms with Crippen molar-refractivity contribution in [3.8, 4) is 0 Å². The van der Waals surface area contributed by atoms with E-state index >= 15 is 0 Å². The summed E-state index contributed by atoms with van der Waals surface area (Å²) in [5, 5.41) is 0. The quantitative estimate of drug-likeness (QED) is 0.466. The van der Waals surface area contributed by atoms with Gasteiger partial charge in [0.25, 0.3) is 0 Å². The summed E-state index contributed by atoms with van der Waals surface area (Å²) in [4.78, 5) is 0. The van der Waals surface area contributed by atoms with Crippen molar-refractivity contribution < 1.29 is 4.74 Å². The summed E-state index contributed by atoms with van der Waals surface area (Å²) in [6.07, 6.45) is 6.38. The number of allylic oxidation sites excluding steroid dienone is 1.